The van der Waals surface area contributed by atoms with Crippen molar-refractivity contribution in [1.82, 2.24) is 5.32 Å². The molecule has 0 spiro atoms. The maximum atomic E-state index is 12.4. The van der Waals surface area contributed by atoms with E-state index in [2.05, 4.69) is 11.4 Å². The van der Waals surface area contributed by atoms with Crippen molar-refractivity contribution >= 4 is 29.2 Å². The van der Waals surface area contributed by atoms with Gasteiger partial charge in [-0.2, -0.15) is 5.26 Å². The van der Waals surface area contributed by atoms with E-state index in [1.54, 1.807) is 39.0 Å². The van der Waals surface area contributed by atoms with Gasteiger partial charge in [0, 0.05) is 11.4 Å². The van der Waals surface area contributed by atoms with E-state index >= 15 is 0 Å². The highest BCUT2D eigenvalue weighted by Crippen LogP contribution is 2.39. The molecule has 1 heterocycles. The van der Waals surface area contributed by atoms with Gasteiger partial charge in [0.1, 0.15) is 0 Å². The molecule has 4 nitrogen and oxygen atoms in total. The lowest BCUT2D eigenvalue weighted by molar-refractivity contribution is -0.138. The number of halogens is 2. The van der Waals surface area contributed by atoms with Crippen molar-refractivity contribution in [2.75, 3.05) is 6.61 Å². The van der Waals surface area contributed by atoms with Crippen LogP contribution in [0.4, 0.5) is 0 Å². The van der Waals surface area contributed by atoms with Crippen molar-refractivity contribution in [3.05, 3.63) is 56.3 Å². The van der Waals surface area contributed by atoms with Crippen LogP contribution in [0.2, 0.25) is 10.0 Å². The molecular formula is C17H16Cl2N2O2. The Bertz CT molecular complexity index is 760. The fourth-order valence-corrected chi connectivity index (χ4v) is 2.95. The van der Waals surface area contributed by atoms with Gasteiger partial charge in [0.25, 0.3) is 0 Å². The van der Waals surface area contributed by atoms with Crippen molar-refractivity contribution in [2.45, 2.75) is 26.7 Å². The van der Waals surface area contributed by atoms with Gasteiger partial charge in [0.2, 0.25) is 0 Å². The summed E-state index contributed by atoms with van der Waals surface area (Å²) >= 11 is 12.1. The number of benzene rings is 1. The molecule has 1 aromatic carbocycles. The summed E-state index contributed by atoms with van der Waals surface area (Å²) in [6, 6.07) is 7.28. The number of hydrogen-bond acceptors (Lipinski definition) is 4. The Hall–Kier alpha value is -1.96. The lowest BCUT2D eigenvalue weighted by Gasteiger charge is -2.28. The second-order valence-corrected chi connectivity index (χ2v) is 5.96. The number of esters is 1. The number of nitriles is 1. The molecule has 1 N–H and O–H groups in total. The van der Waals surface area contributed by atoms with Crippen LogP contribution in [0.1, 0.15) is 32.3 Å². The van der Waals surface area contributed by atoms with E-state index in [0.29, 0.717) is 32.6 Å². The summed E-state index contributed by atoms with van der Waals surface area (Å²) in [5.74, 6) is -0.983. The van der Waals surface area contributed by atoms with Crippen LogP contribution < -0.4 is 5.32 Å². The Kier molecular flexibility index (Phi) is 5.35. The van der Waals surface area contributed by atoms with Gasteiger partial charge in [-0.1, -0.05) is 29.3 Å². The first-order chi connectivity index (χ1) is 10.9. The topological polar surface area (TPSA) is 62.1 Å². The molecule has 1 aromatic rings. The van der Waals surface area contributed by atoms with Gasteiger partial charge in [-0.25, -0.2) is 4.79 Å². The number of carbonyl (C=O) groups is 1. The molecule has 6 heteroatoms. The molecule has 0 aliphatic carbocycles. The van der Waals surface area contributed by atoms with Crippen molar-refractivity contribution in [2.24, 2.45) is 0 Å². The molecule has 0 saturated carbocycles. The molecule has 0 saturated heterocycles. The smallest absolute Gasteiger partial charge is 0.336 e. The summed E-state index contributed by atoms with van der Waals surface area (Å²) in [6.45, 7) is 5.59. The molecule has 23 heavy (non-hydrogen) atoms. The first-order valence-electron chi connectivity index (χ1n) is 7.11. The maximum absolute atomic E-state index is 12.4. The molecule has 1 unspecified atom stereocenters. The molecule has 0 aromatic heterocycles. The zero-order valence-corrected chi connectivity index (χ0v) is 14.5. The summed E-state index contributed by atoms with van der Waals surface area (Å²) in [4.78, 5) is 12.4. The van der Waals surface area contributed by atoms with Crippen molar-refractivity contribution in [3.63, 3.8) is 0 Å². The SMILES string of the molecule is CCOC(=O)C1=C(C)NC(C)=C(C#N)C1c1ccc(Cl)c(Cl)c1. The van der Waals surface area contributed by atoms with Gasteiger partial charge in [0.05, 0.1) is 39.8 Å². The van der Waals surface area contributed by atoms with Crippen LogP contribution in [0.5, 0.6) is 0 Å². The maximum Gasteiger partial charge on any atom is 0.336 e. The average Bonchev–Trinajstić information content (AvgIpc) is 2.49. The highest BCUT2D eigenvalue weighted by molar-refractivity contribution is 6.42. The Morgan fingerprint density at radius 2 is 2.00 bits per heavy atom. The third-order valence-corrected chi connectivity index (χ3v) is 4.39. The Morgan fingerprint density at radius 3 is 2.57 bits per heavy atom. The predicted octanol–water partition coefficient (Wildman–Crippen LogP) is 4.31. The highest BCUT2D eigenvalue weighted by atomic mass is 35.5. The number of dihydropyridines is 1. The van der Waals surface area contributed by atoms with Crippen LogP contribution >= 0.6 is 23.2 Å². The fourth-order valence-electron chi connectivity index (χ4n) is 2.65. The summed E-state index contributed by atoms with van der Waals surface area (Å²) in [7, 11) is 0. The second kappa shape index (κ2) is 7.08. The van der Waals surface area contributed by atoms with E-state index < -0.39 is 11.9 Å². The molecule has 2 rings (SSSR count). The zero-order chi connectivity index (χ0) is 17.1. The second-order valence-electron chi connectivity index (χ2n) is 5.14. The van der Waals surface area contributed by atoms with E-state index in [-0.39, 0.29) is 6.61 Å². The third-order valence-electron chi connectivity index (χ3n) is 3.65. The number of rotatable bonds is 3. The van der Waals surface area contributed by atoms with E-state index in [9.17, 15) is 10.1 Å². The molecule has 0 radical (unpaired) electrons. The minimum absolute atomic E-state index is 0.258. The number of nitrogens with zero attached hydrogens (tertiary/aromatic N) is 1. The summed E-state index contributed by atoms with van der Waals surface area (Å²) < 4.78 is 5.16. The number of nitrogens with one attached hydrogen (secondary N) is 1. The average molecular weight is 351 g/mol. The minimum Gasteiger partial charge on any atom is -0.463 e. The number of hydrogen-bond donors (Lipinski definition) is 1. The number of ether oxygens (including phenoxy) is 1. The Balaban J connectivity index is 2.64. The van der Waals surface area contributed by atoms with Crippen LogP contribution in [0.25, 0.3) is 0 Å². The standard InChI is InChI=1S/C17H16Cl2N2O2/c1-4-23-17(22)15-10(3)21-9(2)12(8-20)16(15)11-5-6-13(18)14(19)7-11/h5-7,16,21H,4H2,1-3H3. The largest absolute Gasteiger partial charge is 0.463 e. The summed E-state index contributed by atoms with van der Waals surface area (Å²) in [5.41, 5.74) is 2.95. The van der Waals surface area contributed by atoms with Crippen LogP contribution in [-0.2, 0) is 9.53 Å². The highest BCUT2D eigenvalue weighted by Gasteiger charge is 2.34. The molecule has 0 bridgehead atoms. The van der Waals surface area contributed by atoms with Gasteiger partial charge < -0.3 is 10.1 Å². The first kappa shape index (κ1) is 17.4. The third kappa shape index (κ3) is 3.36. The molecule has 1 aliphatic rings. The van der Waals surface area contributed by atoms with Gasteiger partial charge in [-0.15, -0.1) is 0 Å². The molecular weight excluding hydrogens is 335 g/mol. The van der Waals surface area contributed by atoms with Crippen LogP contribution in [0, 0.1) is 11.3 Å². The Morgan fingerprint density at radius 1 is 1.30 bits per heavy atom. The van der Waals surface area contributed by atoms with E-state index in [1.165, 1.54) is 0 Å². The van der Waals surface area contributed by atoms with Crippen LogP contribution in [-0.4, -0.2) is 12.6 Å². The summed E-state index contributed by atoms with van der Waals surface area (Å²) in [6.07, 6.45) is 0. The van der Waals surface area contributed by atoms with E-state index in [4.69, 9.17) is 27.9 Å². The van der Waals surface area contributed by atoms with Crippen LogP contribution in [0.15, 0.2) is 40.7 Å². The molecule has 120 valence electrons. The van der Waals surface area contributed by atoms with Gasteiger partial charge in [-0.3, -0.25) is 0 Å². The van der Waals surface area contributed by atoms with Crippen molar-refractivity contribution in [3.8, 4) is 6.07 Å². The Labute approximate surface area is 145 Å². The normalized spacial score (nSPS) is 17.7. The quantitative estimate of drug-likeness (QED) is 0.824. The molecule has 1 aliphatic heterocycles. The molecule has 0 fully saturated rings. The number of allylic oxidation sites excluding steroid dienone is 3. The van der Waals surface area contributed by atoms with E-state index in [1.807, 2.05) is 0 Å². The van der Waals surface area contributed by atoms with Gasteiger partial charge in [-0.05, 0) is 38.5 Å². The number of carbonyl (C=O) groups excluding carboxylic acids is 1. The monoisotopic (exact) mass is 350 g/mol. The van der Waals surface area contributed by atoms with Crippen molar-refractivity contribution < 1.29 is 9.53 Å². The zero-order valence-electron chi connectivity index (χ0n) is 13.0. The van der Waals surface area contributed by atoms with Crippen LogP contribution in [0.3, 0.4) is 0 Å². The summed E-state index contributed by atoms with van der Waals surface area (Å²) in [5, 5.41) is 13.4. The first-order valence-corrected chi connectivity index (χ1v) is 7.87. The van der Waals surface area contributed by atoms with Crippen molar-refractivity contribution in [1.29, 1.82) is 5.26 Å². The molecule has 0 amide bonds. The molecule has 1 atom stereocenters. The predicted molar refractivity (Wildman–Crippen MR) is 90.0 cm³/mol. The van der Waals surface area contributed by atoms with Gasteiger partial charge >= 0.3 is 5.97 Å². The lowest BCUT2D eigenvalue weighted by atomic mass is 9.81. The minimum atomic E-state index is -0.532. The lowest BCUT2D eigenvalue weighted by Crippen LogP contribution is -2.28. The van der Waals surface area contributed by atoms with E-state index in [0.717, 1.165) is 5.56 Å². The van der Waals surface area contributed by atoms with Gasteiger partial charge in [0.15, 0.2) is 0 Å². The fraction of sp³-hybridized carbons (Fsp3) is 0.294.